The van der Waals surface area contributed by atoms with Crippen molar-refractivity contribution in [1.82, 2.24) is 4.90 Å². The zero-order chi connectivity index (χ0) is 30.2. The summed E-state index contributed by atoms with van der Waals surface area (Å²) in [7, 11) is 0. The Kier molecular flexibility index (Phi) is 8.73. The summed E-state index contributed by atoms with van der Waals surface area (Å²) in [6.45, 7) is 11.2. The summed E-state index contributed by atoms with van der Waals surface area (Å²) in [5.74, 6) is -3.12. The second-order valence-corrected chi connectivity index (χ2v) is 12.5. The van der Waals surface area contributed by atoms with Gasteiger partial charge in [0.1, 0.15) is 18.2 Å². The Labute approximate surface area is 255 Å². The quantitative estimate of drug-likeness (QED) is 0.228. The molecule has 0 radical (unpaired) electrons. The predicted octanol–water partition coefficient (Wildman–Crippen LogP) is 3.90. The zero-order valence-electron chi connectivity index (χ0n) is 23.9. The Morgan fingerprint density at radius 3 is 2.48 bits per heavy atom. The number of para-hydroxylation sites is 1. The topological polar surface area (TPSA) is 96.4 Å². The average molecular weight is 638 g/mol. The van der Waals surface area contributed by atoms with Gasteiger partial charge >= 0.3 is 5.97 Å². The maximum Gasteiger partial charge on any atom is 0.312 e. The fourth-order valence-corrected chi connectivity index (χ4v) is 8.13. The second kappa shape index (κ2) is 12.1. The first-order valence-corrected chi connectivity index (χ1v) is 15.2. The van der Waals surface area contributed by atoms with Gasteiger partial charge in [-0.25, -0.2) is 0 Å². The number of rotatable bonds is 11. The van der Waals surface area contributed by atoms with E-state index in [-0.39, 0.29) is 36.4 Å². The van der Waals surface area contributed by atoms with Gasteiger partial charge in [-0.3, -0.25) is 14.4 Å². The van der Waals surface area contributed by atoms with E-state index in [0.29, 0.717) is 12.8 Å². The van der Waals surface area contributed by atoms with E-state index in [0.717, 1.165) is 22.4 Å². The molecule has 7 atom stereocenters. The van der Waals surface area contributed by atoms with E-state index >= 15 is 0 Å². The smallest absolute Gasteiger partial charge is 0.312 e. The number of aryl methyl sites for hydroxylation is 2. The van der Waals surface area contributed by atoms with Crippen molar-refractivity contribution in [3.05, 3.63) is 90.5 Å². The van der Waals surface area contributed by atoms with Gasteiger partial charge in [-0.1, -0.05) is 83.2 Å². The van der Waals surface area contributed by atoms with Crippen LogP contribution in [0.25, 0.3) is 0 Å². The van der Waals surface area contributed by atoms with E-state index in [9.17, 15) is 19.5 Å². The predicted molar refractivity (Wildman–Crippen MR) is 163 cm³/mol. The number of esters is 1. The van der Waals surface area contributed by atoms with Crippen LogP contribution in [0.4, 0.5) is 5.69 Å². The molecule has 3 aliphatic rings. The Bertz CT molecular complexity index is 1360. The summed E-state index contributed by atoms with van der Waals surface area (Å²) in [4.78, 5) is 45.7. The summed E-state index contributed by atoms with van der Waals surface area (Å²) in [5, 5.41) is 10.7. The van der Waals surface area contributed by atoms with Gasteiger partial charge in [0.15, 0.2) is 0 Å². The molecule has 1 N–H and O–H groups in total. The van der Waals surface area contributed by atoms with E-state index in [1.165, 1.54) is 11.0 Å². The largest absolute Gasteiger partial charge is 0.461 e. The highest BCUT2D eigenvalue weighted by molar-refractivity contribution is 9.09. The van der Waals surface area contributed by atoms with Crippen LogP contribution in [-0.2, 0) is 30.3 Å². The number of fused-ring (bicyclic) bond motifs is 1. The Morgan fingerprint density at radius 2 is 1.86 bits per heavy atom. The highest BCUT2D eigenvalue weighted by Gasteiger charge is 2.77. The van der Waals surface area contributed by atoms with E-state index in [4.69, 9.17) is 9.47 Å². The number of nitrogens with zero attached hydrogens (tertiary/aromatic N) is 2. The number of aliphatic hydroxyl groups is 1. The maximum absolute atomic E-state index is 14.9. The number of alkyl halides is 1. The van der Waals surface area contributed by atoms with Crippen molar-refractivity contribution >= 4 is 39.4 Å². The lowest BCUT2D eigenvalue weighted by Gasteiger charge is -2.40. The third-order valence-corrected chi connectivity index (χ3v) is 9.63. The molecule has 2 bridgehead atoms. The Morgan fingerprint density at radius 1 is 1.17 bits per heavy atom. The van der Waals surface area contributed by atoms with Crippen LogP contribution in [0, 0.1) is 25.7 Å². The molecule has 3 unspecified atom stereocenters. The zero-order valence-corrected chi connectivity index (χ0v) is 25.5. The lowest BCUT2D eigenvalue weighted by molar-refractivity contribution is -0.154. The summed E-state index contributed by atoms with van der Waals surface area (Å²) in [5.41, 5.74) is 2.17. The molecule has 0 saturated carbocycles. The Hall–Kier alpha value is -3.27. The van der Waals surface area contributed by atoms with Gasteiger partial charge in [0.05, 0.1) is 30.6 Å². The first-order chi connectivity index (χ1) is 20.2. The van der Waals surface area contributed by atoms with E-state index in [2.05, 4.69) is 29.1 Å². The molecule has 42 heavy (non-hydrogen) atoms. The summed E-state index contributed by atoms with van der Waals surface area (Å²) in [6, 6.07) is 13.5. The van der Waals surface area contributed by atoms with Crippen molar-refractivity contribution in [3.8, 4) is 0 Å². The highest BCUT2D eigenvalue weighted by atomic mass is 79.9. The maximum atomic E-state index is 14.9. The van der Waals surface area contributed by atoms with Crippen LogP contribution in [0.3, 0.4) is 0 Å². The lowest BCUT2D eigenvalue weighted by Crippen LogP contribution is -2.59. The van der Waals surface area contributed by atoms with Crippen molar-refractivity contribution < 1.29 is 29.0 Å². The molecule has 9 heteroatoms. The minimum atomic E-state index is -1.29. The fourth-order valence-electron chi connectivity index (χ4n) is 7.18. The van der Waals surface area contributed by atoms with E-state index < -0.39 is 41.6 Å². The number of hydrogen-bond acceptors (Lipinski definition) is 6. The molecule has 3 aliphatic heterocycles. The molecule has 0 aromatic heterocycles. The molecular weight excluding hydrogens is 600 g/mol. The van der Waals surface area contributed by atoms with Crippen molar-refractivity contribution in [2.45, 2.75) is 55.3 Å². The first-order valence-electron chi connectivity index (χ1n) is 14.2. The number of carbonyl (C=O) groups excluding carboxylic acids is 3. The normalized spacial score (nSPS) is 28.3. The molecule has 2 amide bonds. The van der Waals surface area contributed by atoms with E-state index in [1.54, 1.807) is 11.0 Å². The van der Waals surface area contributed by atoms with Gasteiger partial charge in [0.2, 0.25) is 5.91 Å². The van der Waals surface area contributed by atoms with Gasteiger partial charge < -0.3 is 24.4 Å². The SMILES string of the molecule is C=CCOC(=O)[C@H]1[C@H]2C(=O)N([C@@H](CO)Cc3ccccc3)C(C(=O)N(CC=C)c3c(C)cccc3C)C23CC(Br)[C@@H]1O3. The highest BCUT2D eigenvalue weighted by Crippen LogP contribution is 2.61. The summed E-state index contributed by atoms with van der Waals surface area (Å²) < 4.78 is 12.1. The number of carbonyl (C=O) groups is 3. The number of aliphatic hydroxyl groups excluding tert-OH is 1. The lowest BCUT2D eigenvalue weighted by atomic mass is 9.70. The number of halogens is 1. The van der Waals surface area contributed by atoms with Gasteiger partial charge in [-0.05, 0) is 43.4 Å². The molecule has 5 rings (SSSR count). The van der Waals surface area contributed by atoms with Crippen LogP contribution >= 0.6 is 15.9 Å². The molecule has 1 spiro atoms. The molecule has 3 fully saturated rings. The number of amides is 2. The molecule has 222 valence electrons. The molecule has 0 aliphatic carbocycles. The van der Waals surface area contributed by atoms with Crippen LogP contribution in [0.2, 0.25) is 0 Å². The van der Waals surface area contributed by atoms with Crippen molar-refractivity contribution in [2.24, 2.45) is 11.8 Å². The molecular formula is C33H37BrN2O6. The molecule has 8 nitrogen and oxygen atoms in total. The molecule has 2 aromatic carbocycles. The third kappa shape index (κ3) is 4.91. The van der Waals surface area contributed by atoms with Crippen LogP contribution in [0.1, 0.15) is 23.1 Å². The number of benzene rings is 2. The third-order valence-electron chi connectivity index (χ3n) is 8.78. The van der Waals surface area contributed by atoms with Crippen molar-refractivity contribution in [3.63, 3.8) is 0 Å². The summed E-state index contributed by atoms with van der Waals surface area (Å²) >= 11 is 3.69. The van der Waals surface area contributed by atoms with E-state index in [1.807, 2.05) is 62.4 Å². The minimum Gasteiger partial charge on any atom is -0.461 e. The number of anilines is 1. The number of likely N-dealkylation sites (tertiary alicyclic amines) is 1. The van der Waals surface area contributed by atoms with Crippen molar-refractivity contribution in [1.29, 1.82) is 0 Å². The average Bonchev–Trinajstić information content (AvgIpc) is 3.57. The fraction of sp³-hybridized carbons (Fsp3) is 0.424. The van der Waals surface area contributed by atoms with Crippen molar-refractivity contribution in [2.75, 3.05) is 24.7 Å². The van der Waals surface area contributed by atoms with Crippen LogP contribution in [0.5, 0.6) is 0 Å². The van der Waals surface area contributed by atoms with Crippen LogP contribution < -0.4 is 4.90 Å². The monoisotopic (exact) mass is 636 g/mol. The molecule has 3 saturated heterocycles. The van der Waals surface area contributed by atoms with Gasteiger partial charge in [-0.2, -0.15) is 0 Å². The number of ether oxygens (including phenoxy) is 2. The Balaban J connectivity index is 1.65. The standard InChI is InChI=1S/C33H37BrN2O6/c1-5-15-35(27-20(3)11-10-12-21(27)4)31(39)29-33-18-24(34)28(42-33)25(32(40)41-16-6-2)26(33)30(38)36(29)23(19-37)17-22-13-8-7-9-14-22/h5-14,23-26,28-29,37H,1-2,15-19H2,3-4H3/t23-,24?,25+,26+,28+,29?,33?/m1/s1. The molecule has 2 aromatic rings. The first kappa shape index (κ1) is 30.2. The molecule has 3 heterocycles. The summed E-state index contributed by atoms with van der Waals surface area (Å²) in [6.07, 6.45) is 3.17. The van der Waals surface area contributed by atoms with Crippen LogP contribution in [0.15, 0.2) is 73.8 Å². The minimum absolute atomic E-state index is 0.00192. The van der Waals surface area contributed by atoms with Gasteiger partial charge in [0.25, 0.3) is 5.91 Å². The van der Waals surface area contributed by atoms with Gasteiger partial charge in [-0.15, -0.1) is 6.58 Å². The van der Waals surface area contributed by atoms with Gasteiger partial charge in [0, 0.05) is 17.1 Å². The number of hydrogen-bond donors (Lipinski definition) is 1. The second-order valence-electron chi connectivity index (χ2n) is 11.3. The van der Waals surface area contributed by atoms with Crippen LogP contribution in [-0.4, -0.2) is 76.2 Å².